The summed E-state index contributed by atoms with van der Waals surface area (Å²) in [4.78, 5) is 26.9. The molecule has 0 spiro atoms. The van der Waals surface area contributed by atoms with Crippen LogP contribution in [0, 0.1) is 0 Å². The molecular weight excluding hydrogens is 394 g/mol. The van der Waals surface area contributed by atoms with E-state index in [9.17, 15) is 9.59 Å². The number of esters is 1. The van der Waals surface area contributed by atoms with Crippen LogP contribution in [0.25, 0.3) is 5.69 Å². The number of fused-ring (bicyclic) bond motifs is 1. The van der Waals surface area contributed by atoms with Crippen molar-refractivity contribution in [2.75, 3.05) is 13.2 Å². The molecule has 31 heavy (non-hydrogen) atoms. The maximum absolute atomic E-state index is 12.6. The molecule has 2 heterocycles. The first-order valence-corrected chi connectivity index (χ1v) is 11.1. The number of aromatic nitrogens is 2. The van der Waals surface area contributed by atoms with Crippen molar-refractivity contribution in [1.29, 1.82) is 0 Å². The highest BCUT2D eigenvalue weighted by molar-refractivity contribution is 5.89. The number of carbonyl (C=O) groups excluding carboxylic acids is 2. The monoisotopic (exact) mass is 425 g/mol. The molecule has 4 rings (SSSR count). The van der Waals surface area contributed by atoms with Gasteiger partial charge in [0, 0.05) is 18.5 Å². The van der Waals surface area contributed by atoms with Crippen molar-refractivity contribution in [1.82, 2.24) is 14.7 Å². The van der Waals surface area contributed by atoms with Crippen LogP contribution in [0.3, 0.4) is 0 Å². The van der Waals surface area contributed by atoms with Gasteiger partial charge in [0.05, 0.1) is 24.5 Å². The van der Waals surface area contributed by atoms with E-state index in [0.717, 1.165) is 16.9 Å². The summed E-state index contributed by atoms with van der Waals surface area (Å²) in [6, 6.07) is 8.45. The number of rotatable bonds is 4. The summed E-state index contributed by atoms with van der Waals surface area (Å²) in [6.07, 6.45) is 4.01. The molecule has 1 fully saturated rings. The number of nitrogens with zero attached hydrogens (tertiary/aromatic N) is 3. The summed E-state index contributed by atoms with van der Waals surface area (Å²) in [5, 5.41) is 4.62. The third-order valence-electron chi connectivity index (χ3n) is 5.89. The molecule has 2 aromatic rings. The topological polar surface area (TPSA) is 73.7 Å². The van der Waals surface area contributed by atoms with Crippen molar-refractivity contribution in [3.63, 3.8) is 0 Å². The molecule has 1 amide bonds. The highest BCUT2D eigenvalue weighted by Gasteiger charge is 2.33. The Morgan fingerprint density at radius 2 is 1.87 bits per heavy atom. The lowest BCUT2D eigenvalue weighted by atomic mass is 9.80. The second kappa shape index (κ2) is 8.36. The van der Waals surface area contributed by atoms with E-state index in [1.807, 2.05) is 25.5 Å². The SMILES string of the molecule is CCOC(=O)c1nn(-c2ccc(C3CCC3)cc2)c2c1CN(C(=O)OC(C)(C)C)CC2. The van der Waals surface area contributed by atoms with Gasteiger partial charge >= 0.3 is 12.1 Å². The lowest BCUT2D eigenvalue weighted by Crippen LogP contribution is -2.40. The second-order valence-electron chi connectivity index (χ2n) is 9.28. The van der Waals surface area contributed by atoms with E-state index in [-0.39, 0.29) is 24.9 Å². The van der Waals surface area contributed by atoms with Crippen LogP contribution in [0.1, 0.15) is 80.2 Å². The van der Waals surface area contributed by atoms with Gasteiger partial charge < -0.3 is 14.4 Å². The quantitative estimate of drug-likeness (QED) is 0.669. The first-order valence-electron chi connectivity index (χ1n) is 11.1. The lowest BCUT2D eigenvalue weighted by molar-refractivity contribution is 0.0219. The maximum Gasteiger partial charge on any atom is 0.410 e. The Hall–Kier alpha value is -2.83. The summed E-state index contributed by atoms with van der Waals surface area (Å²) in [6.45, 7) is 8.36. The van der Waals surface area contributed by atoms with Crippen LogP contribution in [-0.4, -0.2) is 45.5 Å². The molecule has 1 aliphatic carbocycles. The van der Waals surface area contributed by atoms with Gasteiger partial charge in [-0.1, -0.05) is 18.6 Å². The van der Waals surface area contributed by atoms with Gasteiger partial charge in [0.1, 0.15) is 5.60 Å². The van der Waals surface area contributed by atoms with Gasteiger partial charge in [-0.3, -0.25) is 0 Å². The average molecular weight is 426 g/mol. The summed E-state index contributed by atoms with van der Waals surface area (Å²) in [7, 11) is 0. The lowest BCUT2D eigenvalue weighted by Gasteiger charge is -2.30. The highest BCUT2D eigenvalue weighted by atomic mass is 16.6. The van der Waals surface area contributed by atoms with Crippen LogP contribution in [0.15, 0.2) is 24.3 Å². The van der Waals surface area contributed by atoms with E-state index in [4.69, 9.17) is 9.47 Å². The first-order chi connectivity index (χ1) is 14.8. The number of hydrogen-bond donors (Lipinski definition) is 0. The summed E-state index contributed by atoms with van der Waals surface area (Å²) < 4.78 is 12.6. The molecule has 0 bridgehead atoms. The molecule has 1 aromatic heterocycles. The van der Waals surface area contributed by atoms with Gasteiger partial charge in [0.15, 0.2) is 5.69 Å². The molecule has 166 valence electrons. The van der Waals surface area contributed by atoms with Crippen molar-refractivity contribution in [2.45, 2.75) is 71.4 Å². The molecule has 0 unspecified atom stereocenters. The zero-order chi connectivity index (χ0) is 22.2. The fraction of sp³-hybridized carbons (Fsp3) is 0.542. The molecule has 7 heteroatoms. The predicted octanol–water partition coefficient (Wildman–Crippen LogP) is 4.61. The molecule has 0 atom stereocenters. The molecule has 0 saturated heterocycles. The minimum absolute atomic E-state index is 0.270. The van der Waals surface area contributed by atoms with Gasteiger partial charge in [0.25, 0.3) is 0 Å². The van der Waals surface area contributed by atoms with Crippen molar-refractivity contribution < 1.29 is 19.1 Å². The number of carbonyl (C=O) groups is 2. The van der Waals surface area contributed by atoms with Gasteiger partial charge in [0.2, 0.25) is 0 Å². The zero-order valence-electron chi connectivity index (χ0n) is 18.8. The smallest absolute Gasteiger partial charge is 0.410 e. The van der Waals surface area contributed by atoms with Gasteiger partial charge in [-0.15, -0.1) is 0 Å². The third kappa shape index (κ3) is 4.45. The van der Waals surface area contributed by atoms with Crippen molar-refractivity contribution in [3.8, 4) is 5.69 Å². The number of hydrogen-bond acceptors (Lipinski definition) is 5. The van der Waals surface area contributed by atoms with Crippen LogP contribution in [0.2, 0.25) is 0 Å². The Bertz CT molecular complexity index is 968. The summed E-state index contributed by atoms with van der Waals surface area (Å²) in [5.74, 6) is 0.202. The molecular formula is C24H31N3O4. The zero-order valence-corrected chi connectivity index (χ0v) is 18.8. The van der Waals surface area contributed by atoms with Gasteiger partial charge in [-0.05, 0) is 64.2 Å². The van der Waals surface area contributed by atoms with E-state index < -0.39 is 11.6 Å². The van der Waals surface area contributed by atoms with Crippen LogP contribution < -0.4 is 0 Å². The van der Waals surface area contributed by atoms with E-state index in [1.165, 1.54) is 24.8 Å². The standard InChI is InChI=1S/C24H31N3O4/c1-5-30-22(28)21-19-15-26(23(29)31-24(2,3)4)14-13-20(19)27(25-21)18-11-9-17(10-12-18)16-7-6-8-16/h9-12,16H,5-8,13-15H2,1-4H3. The molecule has 0 N–H and O–H groups in total. The summed E-state index contributed by atoms with van der Waals surface area (Å²) >= 11 is 0. The van der Waals surface area contributed by atoms with E-state index in [0.29, 0.717) is 18.9 Å². The molecule has 1 saturated carbocycles. The Kier molecular flexibility index (Phi) is 5.77. The Morgan fingerprint density at radius 1 is 1.16 bits per heavy atom. The van der Waals surface area contributed by atoms with Crippen LogP contribution >= 0.6 is 0 Å². The normalized spacial score (nSPS) is 16.5. The molecule has 7 nitrogen and oxygen atoms in total. The maximum atomic E-state index is 12.6. The molecule has 0 radical (unpaired) electrons. The van der Waals surface area contributed by atoms with E-state index in [1.54, 1.807) is 11.8 Å². The van der Waals surface area contributed by atoms with Crippen molar-refractivity contribution in [3.05, 3.63) is 46.8 Å². The van der Waals surface area contributed by atoms with Gasteiger partial charge in [-0.25, -0.2) is 14.3 Å². The number of benzene rings is 1. The van der Waals surface area contributed by atoms with Gasteiger partial charge in [-0.2, -0.15) is 5.10 Å². The predicted molar refractivity (Wildman–Crippen MR) is 116 cm³/mol. The minimum Gasteiger partial charge on any atom is -0.461 e. The number of ether oxygens (including phenoxy) is 2. The Morgan fingerprint density at radius 3 is 2.45 bits per heavy atom. The van der Waals surface area contributed by atoms with Crippen molar-refractivity contribution >= 4 is 12.1 Å². The fourth-order valence-electron chi connectivity index (χ4n) is 4.11. The Labute approximate surface area is 183 Å². The summed E-state index contributed by atoms with van der Waals surface area (Å²) in [5.41, 5.74) is 3.65. The second-order valence-corrected chi connectivity index (χ2v) is 9.28. The molecule has 1 aromatic carbocycles. The first kappa shape index (κ1) is 21.4. The largest absolute Gasteiger partial charge is 0.461 e. The highest BCUT2D eigenvalue weighted by Crippen LogP contribution is 2.36. The fourth-order valence-corrected chi connectivity index (χ4v) is 4.11. The molecule has 1 aliphatic heterocycles. The Balaban J connectivity index is 1.65. The molecule has 2 aliphatic rings. The number of amides is 1. The van der Waals surface area contributed by atoms with E-state index in [2.05, 4.69) is 29.4 Å². The third-order valence-corrected chi connectivity index (χ3v) is 5.89. The minimum atomic E-state index is -0.576. The van der Waals surface area contributed by atoms with Crippen LogP contribution in [0.4, 0.5) is 4.79 Å². The van der Waals surface area contributed by atoms with E-state index >= 15 is 0 Å². The average Bonchev–Trinajstić information content (AvgIpc) is 3.05. The van der Waals surface area contributed by atoms with Crippen LogP contribution in [-0.2, 0) is 22.4 Å². The van der Waals surface area contributed by atoms with Crippen LogP contribution in [0.5, 0.6) is 0 Å². The van der Waals surface area contributed by atoms with Crippen molar-refractivity contribution in [2.24, 2.45) is 0 Å².